The van der Waals surface area contributed by atoms with Crippen LogP contribution in [0.1, 0.15) is 367 Å². The summed E-state index contributed by atoms with van der Waals surface area (Å²) in [5.41, 5.74) is 0. The van der Waals surface area contributed by atoms with Gasteiger partial charge in [0, 0.05) is 19.3 Å². The summed E-state index contributed by atoms with van der Waals surface area (Å²) in [6, 6.07) is 0. The van der Waals surface area contributed by atoms with E-state index in [1.807, 2.05) is 0 Å². The van der Waals surface area contributed by atoms with Crippen LogP contribution in [-0.4, -0.2) is 37.2 Å². The number of allylic oxidation sites excluding steroid dienone is 10. The third-order valence-electron chi connectivity index (χ3n) is 15.5. The smallest absolute Gasteiger partial charge is 0.306 e. The molecule has 0 aromatic heterocycles. The number of hydrogen-bond acceptors (Lipinski definition) is 6. The highest BCUT2D eigenvalue weighted by atomic mass is 16.6. The Hall–Kier alpha value is -2.89. The molecule has 0 fully saturated rings. The van der Waals surface area contributed by atoms with Gasteiger partial charge in [-0.1, -0.05) is 319 Å². The summed E-state index contributed by atoms with van der Waals surface area (Å²) < 4.78 is 17.0. The number of esters is 3. The van der Waals surface area contributed by atoms with Crippen LogP contribution in [0.5, 0.6) is 0 Å². The van der Waals surface area contributed by atoms with E-state index in [4.69, 9.17) is 14.2 Å². The number of carbonyl (C=O) groups excluding carboxylic acids is 3. The molecule has 0 rings (SSSR count). The van der Waals surface area contributed by atoms with Gasteiger partial charge in [0.05, 0.1) is 0 Å². The maximum atomic E-state index is 12.9. The molecule has 0 aromatic carbocycles. The topological polar surface area (TPSA) is 78.9 Å². The van der Waals surface area contributed by atoms with Crippen LogP contribution >= 0.6 is 0 Å². The van der Waals surface area contributed by atoms with Crippen LogP contribution in [0.2, 0.25) is 0 Å². The molecular weight excluding hydrogens is 973 g/mol. The number of carbonyl (C=O) groups is 3. The maximum absolute atomic E-state index is 12.9. The lowest BCUT2D eigenvalue weighted by molar-refractivity contribution is -0.167. The minimum absolute atomic E-state index is 0.0727. The molecule has 0 aliphatic heterocycles. The first kappa shape index (κ1) is 76.1. The van der Waals surface area contributed by atoms with Crippen LogP contribution in [0, 0.1) is 0 Å². The molecule has 0 aliphatic carbocycles. The molecule has 0 spiro atoms. The van der Waals surface area contributed by atoms with Crippen LogP contribution in [0.25, 0.3) is 0 Å². The zero-order chi connectivity index (χ0) is 57.1. The Bertz CT molecular complexity index is 1410. The van der Waals surface area contributed by atoms with Crippen molar-refractivity contribution in [1.82, 2.24) is 0 Å². The average Bonchev–Trinajstić information content (AvgIpc) is 3.45. The highest BCUT2D eigenvalue weighted by Gasteiger charge is 2.19. The van der Waals surface area contributed by atoms with E-state index in [0.717, 1.165) is 83.5 Å². The third kappa shape index (κ3) is 65.8. The summed E-state index contributed by atoms with van der Waals surface area (Å²) in [5, 5.41) is 0. The molecule has 6 nitrogen and oxygen atoms in total. The van der Waals surface area contributed by atoms with Gasteiger partial charge in [0.1, 0.15) is 13.2 Å². The second-order valence-corrected chi connectivity index (χ2v) is 23.4. The highest BCUT2D eigenvalue weighted by molar-refractivity contribution is 5.71. The Balaban J connectivity index is 4.17. The van der Waals surface area contributed by atoms with E-state index in [-0.39, 0.29) is 31.1 Å². The molecule has 1 unspecified atom stereocenters. The van der Waals surface area contributed by atoms with Crippen molar-refractivity contribution in [2.45, 2.75) is 374 Å². The van der Waals surface area contributed by atoms with Gasteiger partial charge in [-0.15, -0.1) is 0 Å². The molecule has 0 saturated carbocycles. The molecule has 6 heteroatoms. The van der Waals surface area contributed by atoms with Gasteiger partial charge in [-0.3, -0.25) is 14.4 Å². The van der Waals surface area contributed by atoms with E-state index in [1.165, 1.54) is 244 Å². The van der Waals surface area contributed by atoms with E-state index < -0.39 is 6.10 Å². The zero-order valence-corrected chi connectivity index (χ0v) is 52.9. The molecule has 0 aromatic rings. The largest absolute Gasteiger partial charge is 0.462 e. The lowest BCUT2D eigenvalue weighted by atomic mass is 10.0. The fourth-order valence-corrected chi connectivity index (χ4v) is 10.2. The lowest BCUT2D eigenvalue weighted by Crippen LogP contribution is -2.30. The number of hydrogen-bond donors (Lipinski definition) is 0. The second kappa shape index (κ2) is 67.6. The van der Waals surface area contributed by atoms with Crippen molar-refractivity contribution in [3.63, 3.8) is 0 Å². The van der Waals surface area contributed by atoms with Crippen molar-refractivity contribution >= 4 is 17.9 Å². The van der Waals surface area contributed by atoms with E-state index in [0.29, 0.717) is 19.3 Å². The van der Waals surface area contributed by atoms with E-state index >= 15 is 0 Å². The predicted molar refractivity (Wildman–Crippen MR) is 344 cm³/mol. The maximum Gasteiger partial charge on any atom is 0.306 e. The first-order valence-electron chi connectivity index (χ1n) is 34.8. The van der Waals surface area contributed by atoms with Crippen LogP contribution in [0.4, 0.5) is 0 Å². The molecule has 0 N–H and O–H groups in total. The summed E-state index contributed by atoms with van der Waals surface area (Å²) in [7, 11) is 0. The van der Waals surface area contributed by atoms with Gasteiger partial charge in [-0.2, -0.15) is 0 Å². The molecule has 460 valence electrons. The van der Waals surface area contributed by atoms with Gasteiger partial charge in [0.2, 0.25) is 0 Å². The molecule has 0 aliphatic rings. The van der Waals surface area contributed by atoms with Crippen LogP contribution in [-0.2, 0) is 28.6 Å². The quantitative estimate of drug-likeness (QED) is 0.0261. The van der Waals surface area contributed by atoms with Gasteiger partial charge in [-0.25, -0.2) is 0 Å². The summed E-state index contributed by atoms with van der Waals surface area (Å²) >= 11 is 0. The van der Waals surface area contributed by atoms with Gasteiger partial charge < -0.3 is 14.2 Å². The van der Waals surface area contributed by atoms with Gasteiger partial charge >= 0.3 is 17.9 Å². The number of ether oxygens (including phenoxy) is 3. The molecule has 0 amide bonds. The Kier molecular flexibility index (Phi) is 65.1. The number of unbranched alkanes of at least 4 members (excludes halogenated alkanes) is 43. The minimum Gasteiger partial charge on any atom is -0.462 e. The van der Waals surface area contributed by atoms with Crippen molar-refractivity contribution in [1.29, 1.82) is 0 Å². The molecule has 0 heterocycles. The standard InChI is InChI=1S/C73H132O6/c1-4-7-10-13-16-19-22-25-27-29-31-32-33-34-35-36-37-38-39-40-41-42-43-45-46-48-51-54-57-60-63-66-72(75)78-69-70(68-77-71(74)65-62-59-56-53-50-24-21-18-15-12-9-6-3)79-73(76)67-64-61-58-55-52-49-47-44-30-28-26-23-20-17-14-11-8-5-2/h20,22-23,25,28-31,33-34,70H,4-19,21,24,26-27,32,35-69H2,1-3H3/b23-20-,25-22-,30-28-,31-29-,34-33-. The van der Waals surface area contributed by atoms with E-state index in [2.05, 4.69) is 81.5 Å². The van der Waals surface area contributed by atoms with Crippen molar-refractivity contribution < 1.29 is 28.6 Å². The minimum atomic E-state index is -0.776. The van der Waals surface area contributed by atoms with Crippen molar-refractivity contribution in [2.24, 2.45) is 0 Å². The lowest BCUT2D eigenvalue weighted by Gasteiger charge is -2.18. The SMILES string of the molecule is CCCCCC/C=C\C/C=C\CCCCCCCCCC(=O)OC(COC(=O)CCCCCCCCCCCCCC)COC(=O)CCCCCCCCCCCCCCCCCC/C=C\C/C=C\C/C=C\CCCCCCC. The average molecular weight is 1110 g/mol. The molecule has 1 atom stereocenters. The summed E-state index contributed by atoms with van der Waals surface area (Å²) in [4.78, 5) is 38.3. The van der Waals surface area contributed by atoms with Crippen LogP contribution in [0.3, 0.4) is 0 Å². The van der Waals surface area contributed by atoms with E-state index in [9.17, 15) is 14.4 Å². The highest BCUT2D eigenvalue weighted by Crippen LogP contribution is 2.18. The first-order valence-corrected chi connectivity index (χ1v) is 34.8. The molecule has 0 saturated heterocycles. The monoisotopic (exact) mass is 1110 g/mol. The van der Waals surface area contributed by atoms with Gasteiger partial charge in [0.25, 0.3) is 0 Å². The Morgan fingerprint density at radius 1 is 0.253 bits per heavy atom. The van der Waals surface area contributed by atoms with Crippen molar-refractivity contribution in [3.8, 4) is 0 Å². The third-order valence-corrected chi connectivity index (χ3v) is 15.5. The summed E-state index contributed by atoms with van der Waals surface area (Å²) in [6.07, 6.45) is 86.8. The Morgan fingerprint density at radius 3 is 0.722 bits per heavy atom. The van der Waals surface area contributed by atoms with Crippen molar-refractivity contribution in [2.75, 3.05) is 13.2 Å². The molecular formula is C73H132O6. The predicted octanol–water partition coefficient (Wildman–Crippen LogP) is 23.9. The molecule has 79 heavy (non-hydrogen) atoms. The Morgan fingerprint density at radius 2 is 0.456 bits per heavy atom. The van der Waals surface area contributed by atoms with Crippen LogP contribution < -0.4 is 0 Å². The molecule has 0 bridgehead atoms. The first-order chi connectivity index (χ1) is 39.0. The number of rotatable bonds is 64. The normalized spacial score (nSPS) is 12.4. The zero-order valence-electron chi connectivity index (χ0n) is 52.9. The fraction of sp³-hybridized carbons (Fsp3) is 0.822. The summed E-state index contributed by atoms with van der Waals surface area (Å²) in [5.74, 6) is -0.859. The van der Waals surface area contributed by atoms with Gasteiger partial charge in [-0.05, 0) is 89.9 Å². The Labute approximate surface area is 491 Å². The summed E-state index contributed by atoms with van der Waals surface area (Å²) in [6.45, 7) is 6.65. The van der Waals surface area contributed by atoms with E-state index in [1.54, 1.807) is 0 Å². The van der Waals surface area contributed by atoms with Gasteiger partial charge in [0.15, 0.2) is 6.10 Å². The second-order valence-electron chi connectivity index (χ2n) is 23.4. The van der Waals surface area contributed by atoms with Crippen LogP contribution in [0.15, 0.2) is 60.8 Å². The molecule has 0 radical (unpaired) electrons. The van der Waals surface area contributed by atoms with Crippen molar-refractivity contribution in [3.05, 3.63) is 60.8 Å². The fourth-order valence-electron chi connectivity index (χ4n) is 10.2.